The summed E-state index contributed by atoms with van der Waals surface area (Å²) in [6.45, 7) is 3.37. The van der Waals surface area contributed by atoms with Crippen LogP contribution in [0, 0.1) is 0 Å². The largest absolute Gasteiger partial charge is 0.503 e. The summed E-state index contributed by atoms with van der Waals surface area (Å²) in [7, 11) is -8.79. The summed E-state index contributed by atoms with van der Waals surface area (Å²) in [5.41, 5.74) is 0.161. The molecule has 0 saturated heterocycles. The van der Waals surface area contributed by atoms with Gasteiger partial charge in [0.15, 0.2) is 22.4 Å². The van der Waals surface area contributed by atoms with E-state index in [2.05, 4.69) is 30.9 Å². The van der Waals surface area contributed by atoms with Gasteiger partial charge in [-0.05, 0) is 26.7 Å². The molecule has 0 saturated carbocycles. The van der Waals surface area contributed by atoms with Gasteiger partial charge in [0.05, 0.1) is 17.5 Å². The first-order chi connectivity index (χ1) is 25.0. The minimum atomic E-state index is -5.26. The van der Waals surface area contributed by atoms with Gasteiger partial charge in [-0.3, -0.25) is 14.2 Å². The third-order valence-corrected chi connectivity index (χ3v) is 9.89. The molecule has 0 bridgehead atoms. The number of hydrogen-bond donors (Lipinski definition) is 8. The topological polar surface area (TPSA) is 367 Å². The number of nitrogens with one attached hydrogen (secondary N) is 4. The number of urea groups is 1. The maximum absolute atomic E-state index is 13.4. The Morgan fingerprint density at radius 1 is 1.15 bits per heavy atom. The van der Waals surface area contributed by atoms with Gasteiger partial charge in [-0.15, -0.1) is 16.4 Å². The lowest BCUT2D eigenvalue weighted by atomic mass is 10.0. The number of carboxylic acid groups (broad SMARTS) is 2. The van der Waals surface area contributed by atoms with Crippen LogP contribution < -0.4 is 32.2 Å². The van der Waals surface area contributed by atoms with Crippen LogP contribution in [0.25, 0.3) is 11.5 Å². The van der Waals surface area contributed by atoms with Gasteiger partial charge in [0.25, 0.3) is 5.91 Å². The Labute approximate surface area is 309 Å². The van der Waals surface area contributed by atoms with Crippen LogP contribution in [0.3, 0.4) is 0 Å². The molecule has 9 N–H and O–H groups in total. The van der Waals surface area contributed by atoms with Gasteiger partial charge < -0.3 is 41.5 Å². The predicted molar refractivity (Wildman–Crippen MR) is 189 cm³/mol. The minimum absolute atomic E-state index is 0.0393. The Hall–Kier alpha value is -5.83. The van der Waals surface area contributed by atoms with Crippen molar-refractivity contribution in [3.63, 3.8) is 0 Å². The molecule has 296 valence electrons. The number of oxime groups is 1. The number of aromatic hydroxyl groups is 1. The van der Waals surface area contributed by atoms with Crippen LogP contribution in [0.2, 0.25) is 0 Å². The zero-order chi connectivity index (χ0) is 40.8. The number of amides is 3. The number of carboxylic acids is 2. The van der Waals surface area contributed by atoms with E-state index in [4.69, 9.17) is 10.6 Å². The fourth-order valence-electron chi connectivity index (χ4n) is 4.35. The standard InChI is InChI=1S/C27H36N10O14S3/c1-5-7-13(19(22(41)42)32-21(40)18(15-12-52-24(28)30-15)34-51-27(2,3)23(43)44)31-25(45)35-54(49,50)37-26(46)36(8-6-9-53(4,47)48)20(33-37)14-10-16(38)17(39)11-29-14/h10-13,19,39H,5-9H2,1-4H3,(H2,28,30)(H,29,38)(H,32,40)(H,41,42)(H,43,44)(H2,31,35,45)/b34-18-/t13-,19+/m1/s1. The van der Waals surface area contributed by atoms with Crippen LogP contribution >= 0.6 is 11.3 Å². The maximum atomic E-state index is 13.4. The van der Waals surface area contributed by atoms with Gasteiger partial charge in [0.2, 0.25) is 11.0 Å². The monoisotopic (exact) mass is 820 g/mol. The zero-order valence-electron chi connectivity index (χ0n) is 28.8. The highest BCUT2D eigenvalue weighted by molar-refractivity contribution is 7.90. The molecule has 0 fully saturated rings. The predicted octanol–water partition coefficient (Wildman–Crippen LogP) is -2.01. The van der Waals surface area contributed by atoms with E-state index in [0.29, 0.717) is 4.57 Å². The van der Waals surface area contributed by atoms with Crippen LogP contribution in [0.4, 0.5) is 9.93 Å². The number of nitrogens with zero attached hydrogens (tertiary/aromatic N) is 5. The number of aromatic amines is 1. The summed E-state index contributed by atoms with van der Waals surface area (Å²) in [6, 6.07) is -4.34. The average molecular weight is 821 g/mol. The molecular weight excluding hydrogens is 785 g/mol. The number of sulfone groups is 1. The fraction of sp³-hybridized carbons (Fsp3) is 0.444. The molecule has 0 aliphatic carbocycles. The Morgan fingerprint density at radius 2 is 1.81 bits per heavy atom. The molecule has 0 unspecified atom stereocenters. The van der Waals surface area contributed by atoms with Gasteiger partial charge in [-0.25, -0.2) is 37.3 Å². The summed E-state index contributed by atoms with van der Waals surface area (Å²) in [4.78, 5) is 87.1. The third kappa shape index (κ3) is 10.9. The average Bonchev–Trinajstić information content (AvgIpc) is 3.63. The highest BCUT2D eigenvalue weighted by atomic mass is 32.2. The van der Waals surface area contributed by atoms with Crippen LogP contribution in [0.15, 0.2) is 32.4 Å². The number of carbonyl (C=O) groups excluding carboxylic acids is 2. The molecule has 54 heavy (non-hydrogen) atoms. The molecule has 3 heterocycles. The molecule has 24 nitrogen and oxygen atoms in total. The highest BCUT2D eigenvalue weighted by Gasteiger charge is 2.36. The van der Waals surface area contributed by atoms with Gasteiger partial charge in [0, 0.05) is 30.4 Å². The molecule has 0 aliphatic heterocycles. The van der Waals surface area contributed by atoms with E-state index in [1.165, 1.54) is 10.1 Å². The second kappa shape index (κ2) is 16.9. The number of H-pyrrole nitrogens is 1. The van der Waals surface area contributed by atoms with Crippen molar-refractivity contribution in [2.45, 2.75) is 64.3 Å². The van der Waals surface area contributed by atoms with Crippen molar-refractivity contribution in [3.8, 4) is 17.3 Å². The van der Waals surface area contributed by atoms with Crippen molar-refractivity contribution in [2.24, 2.45) is 5.16 Å². The summed E-state index contributed by atoms with van der Waals surface area (Å²) in [5.74, 6) is -6.10. The van der Waals surface area contributed by atoms with Crippen LogP contribution in [0.5, 0.6) is 5.75 Å². The van der Waals surface area contributed by atoms with Crippen molar-refractivity contribution in [1.82, 2.24) is 39.1 Å². The van der Waals surface area contributed by atoms with Gasteiger partial charge in [0.1, 0.15) is 21.6 Å². The number of nitrogens with two attached hydrogens (primary N) is 1. The first kappa shape index (κ1) is 42.6. The Balaban J connectivity index is 1.94. The number of pyridine rings is 1. The number of carbonyl (C=O) groups is 4. The summed E-state index contributed by atoms with van der Waals surface area (Å²) >= 11 is 0.864. The lowest BCUT2D eigenvalue weighted by Crippen LogP contribution is -2.59. The number of thiazole rings is 1. The molecule has 3 aromatic rings. The van der Waals surface area contributed by atoms with Crippen molar-refractivity contribution in [1.29, 1.82) is 0 Å². The SMILES string of the molecule is CCC[C@@H](NC(=O)NS(=O)(=O)n1nc(-c2cc(=O)c(O)c[nH]2)n(CCCS(C)(=O)=O)c1=O)[C@H](NC(=O)/C(=N\OC(C)(C)C(=O)O)c1csc(N)n1)C(=O)O. The maximum Gasteiger partial charge on any atom is 0.362 e. The first-order valence-corrected chi connectivity index (χ1v) is 19.7. The molecule has 2 atom stereocenters. The van der Waals surface area contributed by atoms with Crippen LogP contribution in [0.1, 0.15) is 45.7 Å². The number of nitrogen functional groups attached to an aromatic ring is 1. The van der Waals surface area contributed by atoms with Crippen molar-refractivity contribution in [2.75, 3.05) is 17.7 Å². The van der Waals surface area contributed by atoms with E-state index in [9.17, 15) is 60.9 Å². The quantitative estimate of drug-likeness (QED) is 0.0508. The molecule has 0 radical (unpaired) electrons. The van der Waals surface area contributed by atoms with Crippen LogP contribution in [-0.2, 0) is 45.8 Å². The molecule has 0 aromatic carbocycles. The van der Waals surface area contributed by atoms with E-state index < -0.39 is 102 Å². The van der Waals surface area contributed by atoms with Crippen molar-refractivity contribution in [3.05, 3.63) is 44.0 Å². The minimum Gasteiger partial charge on any atom is -0.503 e. The van der Waals surface area contributed by atoms with Gasteiger partial charge in [-0.2, -0.15) is 8.42 Å². The second-order valence-electron chi connectivity index (χ2n) is 11.9. The van der Waals surface area contributed by atoms with Crippen LogP contribution in [-0.4, -0.2) is 115 Å². The van der Waals surface area contributed by atoms with E-state index in [0.717, 1.165) is 43.7 Å². The second-order valence-corrected chi connectivity index (χ2v) is 16.5. The Kier molecular flexibility index (Phi) is 13.3. The highest BCUT2D eigenvalue weighted by Crippen LogP contribution is 2.17. The number of anilines is 1. The molecule has 0 spiro atoms. The molecule has 3 amide bonds. The number of aliphatic carboxylic acids is 2. The normalized spacial score (nSPS) is 13.4. The molecular formula is C27H36N10O14S3. The molecule has 3 aromatic heterocycles. The number of hydrogen-bond acceptors (Lipinski definition) is 17. The third-order valence-electron chi connectivity index (χ3n) is 7.05. The fourth-order valence-corrected chi connectivity index (χ4v) is 6.42. The van der Waals surface area contributed by atoms with E-state index in [1.54, 1.807) is 6.92 Å². The molecule has 0 aliphatic rings. The molecule has 3 rings (SSSR count). The lowest BCUT2D eigenvalue weighted by molar-refractivity contribution is -0.161. The van der Waals surface area contributed by atoms with Crippen molar-refractivity contribution >= 4 is 66.1 Å². The number of aromatic nitrogens is 5. The Bertz CT molecular complexity index is 2290. The summed E-state index contributed by atoms with van der Waals surface area (Å²) < 4.78 is 52.0. The first-order valence-electron chi connectivity index (χ1n) is 15.4. The van der Waals surface area contributed by atoms with Crippen molar-refractivity contribution < 1.29 is 56.2 Å². The molecule has 27 heteroatoms. The van der Waals surface area contributed by atoms with Gasteiger partial charge >= 0.3 is 33.9 Å². The van der Waals surface area contributed by atoms with E-state index >= 15 is 0 Å². The van der Waals surface area contributed by atoms with E-state index in [1.807, 2.05) is 0 Å². The Morgan fingerprint density at radius 3 is 2.35 bits per heavy atom. The van der Waals surface area contributed by atoms with E-state index in [-0.39, 0.29) is 39.9 Å². The summed E-state index contributed by atoms with van der Waals surface area (Å²) in [5, 5.41) is 41.8. The smallest absolute Gasteiger partial charge is 0.362 e. The summed E-state index contributed by atoms with van der Waals surface area (Å²) in [6.07, 6.45) is 1.54. The number of rotatable bonds is 18. The lowest BCUT2D eigenvalue weighted by Gasteiger charge is -2.26. The zero-order valence-corrected chi connectivity index (χ0v) is 31.2. The van der Waals surface area contributed by atoms with Gasteiger partial charge in [-0.1, -0.05) is 22.6 Å².